The van der Waals surface area contributed by atoms with Crippen LogP contribution in [0.4, 0.5) is 0 Å². The van der Waals surface area contributed by atoms with E-state index in [0.717, 1.165) is 22.3 Å². The van der Waals surface area contributed by atoms with E-state index in [4.69, 9.17) is 9.05 Å². The van der Waals surface area contributed by atoms with Crippen molar-refractivity contribution in [1.29, 1.82) is 0 Å². The SMILES string of the molecule is Cc1noc(C)c1-c1cc2[nH]ccc(=O)c2cc1OP. The van der Waals surface area contributed by atoms with Gasteiger partial charge in [0.05, 0.1) is 26.2 Å². The predicted octanol–water partition coefficient (Wildman–Crippen LogP) is 2.97. The fraction of sp³-hybridized carbons (Fsp3) is 0.143. The van der Waals surface area contributed by atoms with E-state index >= 15 is 0 Å². The summed E-state index contributed by atoms with van der Waals surface area (Å²) in [6, 6.07) is 5.09. The molecule has 2 heterocycles. The molecule has 0 saturated heterocycles. The first-order valence-corrected chi connectivity index (χ1v) is 6.54. The lowest BCUT2D eigenvalue weighted by molar-refractivity contribution is 0.393. The Bertz CT molecular complexity index is 832. The van der Waals surface area contributed by atoms with Crippen molar-refractivity contribution >= 4 is 20.4 Å². The number of nitrogens with zero attached hydrogens (tertiary/aromatic N) is 1. The maximum atomic E-state index is 11.9. The Morgan fingerprint density at radius 2 is 2.15 bits per heavy atom. The van der Waals surface area contributed by atoms with Gasteiger partial charge in [0.15, 0.2) is 5.43 Å². The quantitative estimate of drug-likeness (QED) is 0.736. The Labute approximate surface area is 117 Å². The summed E-state index contributed by atoms with van der Waals surface area (Å²) in [5, 5.41) is 4.54. The van der Waals surface area contributed by atoms with Crippen molar-refractivity contribution in [3.8, 4) is 16.9 Å². The maximum Gasteiger partial charge on any atom is 0.189 e. The van der Waals surface area contributed by atoms with Gasteiger partial charge in [-0.05, 0) is 26.0 Å². The number of nitrogens with one attached hydrogen (secondary N) is 1. The maximum absolute atomic E-state index is 11.9. The monoisotopic (exact) mass is 288 g/mol. The third-order valence-electron chi connectivity index (χ3n) is 3.29. The van der Waals surface area contributed by atoms with E-state index in [2.05, 4.69) is 19.6 Å². The molecule has 102 valence electrons. The summed E-state index contributed by atoms with van der Waals surface area (Å²) in [5.41, 5.74) is 3.20. The number of aryl methyl sites for hydroxylation is 2. The van der Waals surface area contributed by atoms with E-state index in [1.165, 1.54) is 6.07 Å². The van der Waals surface area contributed by atoms with Gasteiger partial charge in [0.2, 0.25) is 0 Å². The third-order valence-corrected chi connectivity index (χ3v) is 3.54. The van der Waals surface area contributed by atoms with Crippen molar-refractivity contribution < 1.29 is 9.05 Å². The van der Waals surface area contributed by atoms with E-state index in [1.807, 2.05) is 19.9 Å². The lowest BCUT2D eigenvalue weighted by atomic mass is 10.0. The lowest BCUT2D eigenvalue weighted by Gasteiger charge is -2.09. The molecule has 0 aliphatic carbocycles. The Morgan fingerprint density at radius 1 is 1.35 bits per heavy atom. The molecule has 3 rings (SSSR count). The number of hydrogen-bond acceptors (Lipinski definition) is 4. The zero-order valence-corrected chi connectivity index (χ0v) is 12.2. The van der Waals surface area contributed by atoms with Crippen LogP contribution in [0.1, 0.15) is 11.5 Å². The molecule has 1 N–H and O–H groups in total. The van der Waals surface area contributed by atoms with Gasteiger partial charge in [0.1, 0.15) is 11.5 Å². The summed E-state index contributed by atoms with van der Waals surface area (Å²) >= 11 is 0. The highest BCUT2D eigenvalue weighted by molar-refractivity contribution is 7.10. The molecule has 0 aliphatic heterocycles. The molecular weight excluding hydrogens is 275 g/mol. The van der Waals surface area contributed by atoms with Gasteiger partial charge in [0, 0.05) is 23.2 Å². The fourth-order valence-corrected chi connectivity index (χ4v) is 2.56. The van der Waals surface area contributed by atoms with Crippen LogP contribution in [0.15, 0.2) is 33.7 Å². The van der Waals surface area contributed by atoms with Crippen molar-refractivity contribution in [2.75, 3.05) is 0 Å². The smallest absolute Gasteiger partial charge is 0.189 e. The Kier molecular flexibility index (Phi) is 3.07. The molecule has 0 bridgehead atoms. The lowest BCUT2D eigenvalue weighted by Crippen LogP contribution is -2.00. The van der Waals surface area contributed by atoms with Gasteiger partial charge >= 0.3 is 0 Å². The van der Waals surface area contributed by atoms with Gasteiger partial charge in [-0.25, -0.2) is 0 Å². The molecule has 0 saturated carbocycles. The van der Waals surface area contributed by atoms with E-state index in [9.17, 15) is 4.79 Å². The topological polar surface area (TPSA) is 68.1 Å². The summed E-state index contributed by atoms with van der Waals surface area (Å²) in [6.07, 6.45) is 1.63. The average Bonchev–Trinajstić information content (AvgIpc) is 2.77. The standard InChI is InChI=1S/C14H13N2O3P/c1-7-14(8(2)18-16-7)10-5-11-9(6-13(10)19-20)12(17)3-4-15-11/h3-6H,20H2,1-2H3,(H,15,17). The van der Waals surface area contributed by atoms with Crippen LogP contribution in [-0.4, -0.2) is 10.1 Å². The molecule has 1 unspecified atom stereocenters. The molecule has 1 aromatic carbocycles. The molecule has 0 aliphatic rings. The Morgan fingerprint density at radius 3 is 2.80 bits per heavy atom. The molecule has 0 amide bonds. The minimum atomic E-state index is -0.0487. The fourth-order valence-electron chi connectivity index (χ4n) is 2.36. The molecule has 5 nitrogen and oxygen atoms in total. The first-order valence-electron chi connectivity index (χ1n) is 6.07. The second kappa shape index (κ2) is 4.76. The second-order valence-electron chi connectivity index (χ2n) is 4.55. The van der Waals surface area contributed by atoms with Crippen molar-refractivity contribution in [3.05, 3.63) is 46.1 Å². The molecular formula is C14H13N2O3P. The molecule has 0 spiro atoms. The van der Waals surface area contributed by atoms with Gasteiger partial charge in [-0.15, -0.1) is 0 Å². The van der Waals surface area contributed by atoms with Crippen molar-refractivity contribution in [1.82, 2.24) is 10.1 Å². The summed E-state index contributed by atoms with van der Waals surface area (Å²) in [5.74, 6) is 1.30. The number of benzene rings is 1. The molecule has 3 aromatic rings. The highest BCUT2D eigenvalue weighted by atomic mass is 31.0. The van der Waals surface area contributed by atoms with E-state index in [0.29, 0.717) is 16.9 Å². The number of rotatable bonds is 2. The van der Waals surface area contributed by atoms with Gasteiger partial charge < -0.3 is 14.0 Å². The summed E-state index contributed by atoms with van der Waals surface area (Å²) < 4.78 is 10.5. The molecule has 2 aromatic heterocycles. The number of hydrogen-bond donors (Lipinski definition) is 1. The van der Waals surface area contributed by atoms with Crippen LogP contribution >= 0.6 is 9.47 Å². The Hall–Kier alpha value is -2.13. The Balaban J connectivity index is 2.39. The highest BCUT2D eigenvalue weighted by Gasteiger charge is 2.17. The molecule has 0 radical (unpaired) electrons. The number of aromatic amines is 1. The van der Waals surface area contributed by atoms with Crippen LogP contribution < -0.4 is 9.95 Å². The van der Waals surface area contributed by atoms with E-state index in [1.54, 1.807) is 12.3 Å². The number of fused-ring (bicyclic) bond motifs is 1. The van der Waals surface area contributed by atoms with Gasteiger partial charge in [0.25, 0.3) is 0 Å². The van der Waals surface area contributed by atoms with Crippen molar-refractivity contribution in [2.24, 2.45) is 0 Å². The summed E-state index contributed by atoms with van der Waals surface area (Å²) in [4.78, 5) is 14.9. The second-order valence-corrected chi connectivity index (χ2v) is 4.79. The average molecular weight is 288 g/mol. The van der Waals surface area contributed by atoms with Crippen molar-refractivity contribution in [3.63, 3.8) is 0 Å². The van der Waals surface area contributed by atoms with Gasteiger partial charge in [-0.3, -0.25) is 4.79 Å². The minimum absolute atomic E-state index is 0.0487. The highest BCUT2D eigenvalue weighted by Crippen LogP contribution is 2.37. The van der Waals surface area contributed by atoms with Crippen molar-refractivity contribution in [2.45, 2.75) is 13.8 Å². The van der Waals surface area contributed by atoms with Crippen LogP contribution in [0.5, 0.6) is 5.75 Å². The number of pyridine rings is 1. The van der Waals surface area contributed by atoms with E-state index in [-0.39, 0.29) is 5.43 Å². The van der Waals surface area contributed by atoms with Crippen LogP contribution in [0.25, 0.3) is 22.0 Å². The zero-order chi connectivity index (χ0) is 14.3. The zero-order valence-electron chi connectivity index (χ0n) is 11.1. The van der Waals surface area contributed by atoms with Crippen LogP contribution in [0.3, 0.4) is 0 Å². The van der Waals surface area contributed by atoms with Crippen LogP contribution in [0, 0.1) is 13.8 Å². The molecule has 0 fully saturated rings. The molecule has 6 heteroatoms. The minimum Gasteiger partial charge on any atom is -0.480 e. The predicted molar refractivity (Wildman–Crippen MR) is 79.9 cm³/mol. The van der Waals surface area contributed by atoms with Crippen LogP contribution in [-0.2, 0) is 0 Å². The normalized spacial score (nSPS) is 10.9. The first-order chi connectivity index (χ1) is 9.61. The molecule has 20 heavy (non-hydrogen) atoms. The van der Waals surface area contributed by atoms with Gasteiger partial charge in [-0.2, -0.15) is 0 Å². The first kappa shape index (κ1) is 12.9. The third kappa shape index (κ3) is 1.91. The summed E-state index contributed by atoms with van der Waals surface area (Å²) in [7, 11) is 2.21. The summed E-state index contributed by atoms with van der Waals surface area (Å²) in [6.45, 7) is 3.72. The number of H-pyrrole nitrogens is 1. The largest absolute Gasteiger partial charge is 0.480 e. The number of aromatic nitrogens is 2. The van der Waals surface area contributed by atoms with E-state index < -0.39 is 0 Å². The van der Waals surface area contributed by atoms with Gasteiger partial charge in [-0.1, -0.05) is 5.16 Å². The van der Waals surface area contributed by atoms with Crippen LogP contribution in [0.2, 0.25) is 0 Å². The molecule has 1 atom stereocenters.